The smallest absolute Gasteiger partial charge is 0.241 e. The molecule has 0 aliphatic rings. The summed E-state index contributed by atoms with van der Waals surface area (Å²) in [6, 6.07) is 4.13. The van der Waals surface area contributed by atoms with E-state index in [4.69, 9.17) is 4.98 Å². The van der Waals surface area contributed by atoms with E-state index in [0.717, 1.165) is 62.6 Å². The Hall–Kier alpha value is -1.91. The van der Waals surface area contributed by atoms with Crippen molar-refractivity contribution in [1.29, 1.82) is 0 Å². The maximum absolute atomic E-state index is 13.8. The van der Waals surface area contributed by atoms with Crippen LogP contribution in [0.5, 0.6) is 0 Å². The van der Waals surface area contributed by atoms with Crippen LogP contribution in [-0.4, -0.2) is 53.8 Å². The Morgan fingerprint density at radius 1 is 0.743 bits per heavy atom. The van der Waals surface area contributed by atoms with Gasteiger partial charge >= 0.3 is 0 Å². The Morgan fingerprint density at radius 2 is 1.20 bits per heavy atom. The highest BCUT2D eigenvalue weighted by Crippen LogP contribution is 2.31. The van der Waals surface area contributed by atoms with E-state index in [9.17, 15) is 9.59 Å². The van der Waals surface area contributed by atoms with Gasteiger partial charge in [0.1, 0.15) is 0 Å². The molecule has 2 amide bonds. The molecule has 0 aromatic carbocycles. The van der Waals surface area contributed by atoms with Crippen molar-refractivity contribution >= 4 is 11.8 Å². The van der Waals surface area contributed by atoms with Gasteiger partial charge in [0.15, 0.2) is 5.92 Å². The van der Waals surface area contributed by atoms with Crippen molar-refractivity contribution in [2.75, 3.05) is 27.2 Å². The zero-order valence-corrected chi connectivity index (χ0v) is 24.5. The largest absolute Gasteiger partial charge is 0.345 e. The average Bonchev–Trinajstić information content (AvgIpc) is 2.78. The fourth-order valence-corrected chi connectivity index (χ4v) is 4.09. The first-order chi connectivity index (χ1) is 16.2. The van der Waals surface area contributed by atoms with Crippen LogP contribution in [-0.2, 0) is 20.4 Å². The van der Waals surface area contributed by atoms with E-state index in [1.54, 1.807) is 9.80 Å². The fourth-order valence-electron chi connectivity index (χ4n) is 4.09. The SMILES string of the molecule is CCCCCCN(C)C(=O)C(C(=O)N(C)CCCCCC)c1cc(C(C)(C)C)cc(C(C)(C)C)n1. The van der Waals surface area contributed by atoms with Gasteiger partial charge in [-0.15, -0.1) is 0 Å². The molecule has 0 fully saturated rings. The third-order valence-electron chi connectivity index (χ3n) is 6.72. The zero-order valence-electron chi connectivity index (χ0n) is 24.5. The normalized spacial score (nSPS) is 12.2. The van der Waals surface area contributed by atoms with Gasteiger partial charge in [0, 0.05) is 38.3 Å². The lowest BCUT2D eigenvalue weighted by Gasteiger charge is -2.30. The van der Waals surface area contributed by atoms with E-state index in [1.165, 1.54) is 0 Å². The number of amides is 2. The van der Waals surface area contributed by atoms with Crippen molar-refractivity contribution in [3.8, 4) is 0 Å². The van der Waals surface area contributed by atoms with Crippen molar-refractivity contribution < 1.29 is 9.59 Å². The van der Waals surface area contributed by atoms with Crippen molar-refractivity contribution in [3.05, 3.63) is 29.1 Å². The van der Waals surface area contributed by atoms with E-state index >= 15 is 0 Å². The first-order valence-electron chi connectivity index (χ1n) is 13.8. The van der Waals surface area contributed by atoms with Gasteiger partial charge in [-0.05, 0) is 36.0 Å². The summed E-state index contributed by atoms with van der Waals surface area (Å²) in [6.07, 6.45) is 8.72. The number of nitrogens with zero attached hydrogens (tertiary/aromatic N) is 3. The molecule has 5 heteroatoms. The maximum Gasteiger partial charge on any atom is 0.241 e. The van der Waals surface area contributed by atoms with Crippen molar-refractivity contribution in [2.24, 2.45) is 0 Å². The first kappa shape index (κ1) is 31.1. The van der Waals surface area contributed by atoms with Crippen LogP contribution in [0.25, 0.3) is 0 Å². The molecule has 1 aromatic heterocycles. The molecular weight excluding hydrogens is 434 g/mol. The van der Waals surface area contributed by atoms with E-state index in [2.05, 4.69) is 61.5 Å². The fraction of sp³-hybridized carbons (Fsp3) is 0.767. The number of carbonyl (C=O) groups excluding carboxylic acids is 2. The number of likely N-dealkylation sites (N-methyl/N-ethyl adjacent to an activating group) is 2. The minimum atomic E-state index is -0.911. The van der Waals surface area contributed by atoms with E-state index in [1.807, 2.05) is 20.2 Å². The van der Waals surface area contributed by atoms with E-state index in [0.29, 0.717) is 18.8 Å². The van der Waals surface area contributed by atoms with Gasteiger partial charge < -0.3 is 9.80 Å². The molecule has 0 radical (unpaired) electrons. The van der Waals surface area contributed by atoms with Crippen LogP contribution in [0.2, 0.25) is 0 Å². The highest BCUT2D eigenvalue weighted by atomic mass is 16.2. The minimum absolute atomic E-state index is 0.119. The molecule has 0 aliphatic heterocycles. The number of aromatic nitrogens is 1. The van der Waals surface area contributed by atoms with Gasteiger partial charge in [0.2, 0.25) is 11.8 Å². The summed E-state index contributed by atoms with van der Waals surface area (Å²) in [5.74, 6) is -1.21. The van der Waals surface area contributed by atoms with Crippen molar-refractivity contribution in [1.82, 2.24) is 14.8 Å². The Balaban J connectivity index is 3.43. The summed E-state index contributed by atoms with van der Waals surface area (Å²) in [7, 11) is 3.65. The third-order valence-corrected chi connectivity index (χ3v) is 6.72. The Morgan fingerprint density at radius 3 is 1.57 bits per heavy atom. The predicted octanol–water partition coefficient (Wildman–Crippen LogP) is 6.84. The van der Waals surface area contributed by atoms with Crippen LogP contribution in [0.4, 0.5) is 0 Å². The summed E-state index contributed by atoms with van der Waals surface area (Å²) in [5.41, 5.74) is 2.30. The molecule has 0 bridgehead atoms. The third kappa shape index (κ3) is 9.93. The predicted molar refractivity (Wildman–Crippen MR) is 148 cm³/mol. The summed E-state index contributed by atoms with van der Waals surface area (Å²) < 4.78 is 0. The van der Waals surface area contributed by atoms with Gasteiger partial charge in [-0.3, -0.25) is 14.6 Å². The Labute approximate surface area is 216 Å². The van der Waals surface area contributed by atoms with Crippen LogP contribution >= 0.6 is 0 Å². The molecule has 5 nitrogen and oxygen atoms in total. The first-order valence-corrected chi connectivity index (χ1v) is 13.8. The number of pyridine rings is 1. The highest BCUT2D eigenvalue weighted by molar-refractivity contribution is 6.05. The summed E-state index contributed by atoms with van der Waals surface area (Å²) in [6.45, 7) is 18.6. The van der Waals surface area contributed by atoms with Crippen molar-refractivity contribution in [2.45, 2.75) is 124 Å². The highest BCUT2D eigenvalue weighted by Gasteiger charge is 2.36. The second-order valence-electron chi connectivity index (χ2n) is 12.2. The Bertz CT molecular complexity index is 743. The van der Waals surface area contributed by atoms with Crippen LogP contribution in [0.15, 0.2) is 12.1 Å². The van der Waals surface area contributed by atoms with Crippen LogP contribution < -0.4 is 0 Å². The molecular formula is C30H53N3O2. The van der Waals surface area contributed by atoms with Gasteiger partial charge in [-0.25, -0.2) is 0 Å². The van der Waals surface area contributed by atoms with Crippen LogP contribution in [0.1, 0.15) is 130 Å². The Kier molecular flexibility index (Phi) is 12.4. The van der Waals surface area contributed by atoms with E-state index in [-0.39, 0.29) is 22.6 Å². The van der Waals surface area contributed by atoms with Gasteiger partial charge in [0.25, 0.3) is 0 Å². The second-order valence-corrected chi connectivity index (χ2v) is 12.2. The molecule has 0 N–H and O–H groups in total. The molecule has 0 unspecified atom stereocenters. The molecule has 0 atom stereocenters. The molecule has 200 valence electrons. The summed E-state index contributed by atoms with van der Waals surface area (Å²) >= 11 is 0. The number of unbranched alkanes of at least 4 members (excludes halogenated alkanes) is 6. The molecule has 35 heavy (non-hydrogen) atoms. The average molecular weight is 488 g/mol. The number of hydrogen-bond donors (Lipinski definition) is 0. The molecule has 0 spiro atoms. The molecule has 1 aromatic rings. The van der Waals surface area contributed by atoms with Crippen molar-refractivity contribution in [3.63, 3.8) is 0 Å². The topological polar surface area (TPSA) is 53.5 Å². The molecule has 0 aliphatic carbocycles. The lowest BCUT2D eigenvalue weighted by Crippen LogP contribution is -2.42. The molecule has 1 heterocycles. The monoisotopic (exact) mass is 487 g/mol. The summed E-state index contributed by atoms with van der Waals surface area (Å²) in [4.78, 5) is 36.0. The number of rotatable bonds is 13. The van der Waals surface area contributed by atoms with E-state index < -0.39 is 5.92 Å². The standard InChI is InChI=1S/C30H53N3O2/c1-11-13-15-17-19-32(9)27(34)26(28(35)33(10)20-18-16-14-12-2)24-21-23(29(3,4)5)22-25(31-24)30(6,7)8/h21-22,26H,11-20H2,1-10H3. The zero-order chi connectivity index (χ0) is 26.8. The summed E-state index contributed by atoms with van der Waals surface area (Å²) in [5, 5.41) is 0. The minimum Gasteiger partial charge on any atom is -0.345 e. The van der Waals surface area contributed by atoms with Gasteiger partial charge in [-0.1, -0.05) is 93.9 Å². The molecule has 1 rings (SSSR count). The van der Waals surface area contributed by atoms with Gasteiger partial charge in [-0.2, -0.15) is 0 Å². The quantitative estimate of drug-likeness (QED) is 0.226. The lowest BCUT2D eigenvalue weighted by atomic mass is 9.82. The maximum atomic E-state index is 13.8. The van der Waals surface area contributed by atoms with Crippen LogP contribution in [0.3, 0.4) is 0 Å². The molecule has 0 saturated carbocycles. The second kappa shape index (κ2) is 14.0. The molecule has 0 saturated heterocycles. The van der Waals surface area contributed by atoms with Crippen LogP contribution in [0, 0.1) is 0 Å². The number of carbonyl (C=O) groups is 2. The number of hydrogen-bond acceptors (Lipinski definition) is 3. The van der Waals surface area contributed by atoms with Gasteiger partial charge in [0.05, 0.1) is 5.69 Å². The lowest BCUT2D eigenvalue weighted by molar-refractivity contribution is -0.142.